The van der Waals surface area contributed by atoms with Crippen molar-refractivity contribution < 1.29 is 0 Å². The number of benzene rings is 1. The predicted molar refractivity (Wildman–Crippen MR) is 70.9 cm³/mol. The monoisotopic (exact) mass is 230 g/mol. The first-order chi connectivity index (χ1) is 8.28. The molecule has 0 amide bonds. The number of nitrogens with two attached hydrogens (primary N) is 1. The van der Waals surface area contributed by atoms with Gasteiger partial charge in [0.05, 0.1) is 5.54 Å². The maximum atomic E-state index is 6.18. The maximum Gasteiger partial charge on any atom is 0.0586 e. The zero-order valence-electron chi connectivity index (χ0n) is 10.7. The molecule has 0 bridgehead atoms. The molecular formula is C15H22N2. The molecule has 2 aliphatic rings. The van der Waals surface area contributed by atoms with E-state index in [0.29, 0.717) is 0 Å². The molecule has 2 aliphatic carbocycles. The van der Waals surface area contributed by atoms with Gasteiger partial charge in [-0.25, -0.2) is 0 Å². The topological polar surface area (TPSA) is 29.3 Å². The van der Waals surface area contributed by atoms with Crippen LogP contribution in [0.25, 0.3) is 0 Å². The maximum absolute atomic E-state index is 6.18. The number of nitrogens with zero attached hydrogens (tertiary/aromatic N) is 1. The number of fused-ring (bicyclic) bond motifs is 1. The fourth-order valence-corrected chi connectivity index (χ4v) is 3.43. The van der Waals surface area contributed by atoms with Gasteiger partial charge >= 0.3 is 0 Å². The summed E-state index contributed by atoms with van der Waals surface area (Å²) < 4.78 is 0. The largest absolute Gasteiger partial charge is 0.328 e. The molecular weight excluding hydrogens is 208 g/mol. The van der Waals surface area contributed by atoms with E-state index in [1.54, 1.807) is 0 Å². The fourth-order valence-electron chi connectivity index (χ4n) is 3.43. The highest BCUT2D eigenvalue weighted by atomic mass is 15.2. The van der Waals surface area contributed by atoms with Gasteiger partial charge < -0.3 is 5.73 Å². The minimum Gasteiger partial charge on any atom is -0.328 e. The summed E-state index contributed by atoms with van der Waals surface area (Å²) in [6.07, 6.45) is 6.40. The van der Waals surface area contributed by atoms with Crippen molar-refractivity contribution in [3.05, 3.63) is 35.4 Å². The van der Waals surface area contributed by atoms with Crippen molar-refractivity contribution in [2.75, 3.05) is 13.6 Å². The van der Waals surface area contributed by atoms with Crippen molar-refractivity contribution >= 4 is 0 Å². The van der Waals surface area contributed by atoms with Gasteiger partial charge in [0.15, 0.2) is 0 Å². The summed E-state index contributed by atoms with van der Waals surface area (Å²) in [6, 6.07) is 9.65. The lowest BCUT2D eigenvalue weighted by molar-refractivity contribution is 0.0953. The van der Waals surface area contributed by atoms with Crippen molar-refractivity contribution in [3.8, 4) is 0 Å². The van der Waals surface area contributed by atoms with E-state index in [4.69, 9.17) is 5.73 Å². The van der Waals surface area contributed by atoms with Crippen LogP contribution in [0.5, 0.6) is 0 Å². The molecule has 1 saturated carbocycles. The summed E-state index contributed by atoms with van der Waals surface area (Å²) in [4.78, 5) is 2.56. The second kappa shape index (κ2) is 4.11. The third-order valence-corrected chi connectivity index (χ3v) is 4.66. The van der Waals surface area contributed by atoms with Crippen LogP contribution in [0.3, 0.4) is 0 Å². The van der Waals surface area contributed by atoms with Gasteiger partial charge in [-0.1, -0.05) is 24.3 Å². The molecule has 92 valence electrons. The first-order valence-corrected chi connectivity index (χ1v) is 6.79. The van der Waals surface area contributed by atoms with Crippen LogP contribution in [0.1, 0.15) is 36.8 Å². The Bertz CT molecular complexity index is 411. The Kier molecular flexibility index (Phi) is 2.72. The summed E-state index contributed by atoms with van der Waals surface area (Å²) >= 11 is 0. The summed E-state index contributed by atoms with van der Waals surface area (Å²) in [7, 11) is 2.27. The first kappa shape index (κ1) is 11.2. The third-order valence-electron chi connectivity index (χ3n) is 4.66. The predicted octanol–water partition coefficient (Wildman–Crippen LogP) is 2.27. The Morgan fingerprint density at radius 1 is 1.35 bits per heavy atom. The Hall–Kier alpha value is -0.860. The summed E-state index contributed by atoms with van der Waals surface area (Å²) in [5.74, 6) is 0. The Balaban J connectivity index is 2.05. The van der Waals surface area contributed by atoms with Crippen molar-refractivity contribution in [3.63, 3.8) is 0 Å². The minimum absolute atomic E-state index is 0.107. The molecule has 0 saturated heterocycles. The van der Waals surface area contributed by atoms with E-state index in [1.807, 2.05) is 0 Å². The van der Waals surface area contributed by atoms with E-state index >= 15 is 0 Å². The normalized spacial score (nSPS) is 28.2. The van der Waals surface area contributed by atoms with Crippen molar-refractivity contribution in [1.82, 2.24) is 4.90 Å². The molecule has 2 heteroatoms. The van der Waals surface area contributed by atoms with Crippen molar-refractivity contribution in [1.29, 1.82) is 0 Å². The van der Waals surface area contributed by atoms with Crippen molar-refractivity contribution in [2.24, 2.45) is 5.73 Å². The molecule has 1 fully saturated rings. The smallest absolute Gasteiger partial charge is 0.0586 e. The summed E-state index contributed by atoms with van der Waals surface area (Å²) in [5, 5.41) is 0. The number of hydrogen-bond acceptors (Lipinski definition) is 2. The lowest BCUT2D eigenvalue weighted by atomic mass is 9.75. The summed E-state index contributed by atoms with van der Waals surface area (Å²) in [5.41, 5.74) is 9.28. The standard InChI is InChI=1S/C15H22N2/c1-17(13-8-9-13)15(11-16)10-4-6-12-5-2-3-7-14(12)15/h2-3,5,7,13H,4,6,8-11,16H2,1H3. The van der Waals surface area contributed by atoms with E-state index in [-0.39, 0.29) is 5.54 Å². The SMILES string of the molecule is CN(C1CC1)C1(CN)CCCc2ccccc21. The van der Waals surface area contributed by atoms with E-state index in [2.05, 4.69) is 36.2 Å². The lowest BCUT2D eigenvalue weighted by Crippen LogP contribution is -2.52. The molecule has 1 aromatic rings. The molecule has 0 aromatic heterocycles. The third kappa shape index (κ3) is 1.71. The zero-order chi connectivity index (χ0) is 11.9. The van der Waals surface area contributed by atoms with Gasteiger partial charge in [0, 0.05) is 12.6 Å². The Labute approximate surface area is 104 Å². The van der Waals surface area contributed by atoms with Crippen LogP contribution in [0.15, 0.2) is 24.3 Å². The first-order valence-electron chi connectivity index (χ1n) is 6.79. The fraction of sp³-hybridized carbons (Fsp3) is 0.600. The zero-order valence-corrected chi connectivity index (χ0v) is 10.7. The van der Waals surface area contributed by atoms with Crippen LogP contribution in [0, 0.1) is 0 Å². The second-order valence-electron chi connectivity index (χ2n) is 5.59. The highest BCUT2D eigenvalue weighted by Crippen LogP contribution is 2.43. The Morgan fingerprint density at radius 3 is 2.82 bits per heavy atom. The minimum atomic E-state index is 0.107. The van der Waals surface area contributed by atoms with E-state index < -0.39 is 0 Å². The van der Waals surface area contributed by atoms with Gasteiger partial charge in [-0.05, 0) is 50.3 Å². The average Bonchev–Trinajstić information content (AvgIpc) is 3.21. The molecule has 17 heavy (non-hydrogen) atoms. The van der Waals surface area contributed by atoms with Crippen LogP contribution in [0.2, 0.25) is 0 Å². The van der Waals surface area contributed by atoms with Gasteiger partial charge in [0.25, 0.3) is 0 Å². The van der Waals surface area contributed by atoms with Crippen LogP contribution in [-0.4, -0.2) is 24.5 Å². The number of hydrogen-bond donors (Lipinski definition) is 1. The van der Waals surface area contributed by atoms with Gasteiger partial charge in [0.2, 0.25) is 0 Å². The highest BCUT2D eigenvalue weighted by molar-refractivity contribution is 5.37. The lowest BCUT2D eigenvalue weighted by Gasteiger charge is -2.45. The van der Waals surface area contributed by atoms with Crippen LogP contribution in [-0.2, 0) is 12.0 Å². The number of aryl methyl sites for hydroxylation is 1. The molecule has 1 aromatic carbocycles. The summed E-state index contributed by atoms with van der Waals surface area (Å²) in [6.45, 7) is 0.747. The second-order valence-corrected chi connectivity index (χ2v) is 5.59. The van der Waals surface area contributed by atoms with Gasteiger partial charge in [-0.2, -0.15) is 0 Å². The quantitative estimate of drug-likeness (QED) is 0.863. The number of likely N-dealkylation sites (N-methyl/N-ethyl adjacent to an activating group) is 1. The molecule has 0 spiro atoms. The molecule has 2 N–H and O–H groups in total. The van der Waals surface area contributed by atoms with Crippen LogP contribution < -0.4 is 5.73 Å². The molecule has 0 heterocycles. The van der Waals surface area contributed by atoms with E-state index in [1.165, 1.54) is 43.2 Å². The van der Waals surface area contributed by atoms with Gasteiger partial charge in [0.1, 0.15) is 0 Å². The Morgan fingerprint density at radius 2 is 2.12 bits per heavy atom. The number of rotatable bonds is 3. The van der Waals surface area contributed by atoms with E-state index in [9.17, 15) is 0 Å². The molecule has 3 rings (SSSR count). The van der Waals surface area contributed by atoms with Gasteiger partial charge in [-0.15, -0.1) is 0 Å². The van der Waals surface area contributed by atoms with Crippen LogP contribution >= 0.6 is 0 Å². The van der Waals surface area contributed by atoms with E-state index in [0.717, 1.165) is 12.6 Å². The average molecular weight is 230 g/mol. The molecule has 0 radical (unpaired) electrons. The van der Waals surface area contributed by atoms with Crippen molar-refractivity contribution in [2.45, 2.75) is 43.7 Å². The van der Waals surface area contributed by atoms with Crippen LogP contribution in [0.4, 0.5) is 0 Å². The molecule has 2 nitrogen and oxygen atoms in total. The molecule has 1 unspecified atom stereocenters. The highest BCUT2D eigenvalue weighted by Gasteiger charge is 2.44. The molecule has 0 aliphatic heterocycles. The molecule has 1 atom stereocenters. The van der Waals surface area contributed by atoms with Gasteiger partial charge in [-0.3, -0.25) is 4.90 Å².